The summed E-state index contributed by atoms with van der Waals surface area (Å²) in [6.07, 6.45) is 2.19. The van der Waals surface area contributed by atoms with Gasteiger partial charge in [-0.15, -0.1) is 0 Å². The quantitative estimate of drug-likeness (QED) is 0.755. The van der Waals surface area contributed by atoms with Gasteiger partial charge in [0.15, 0.2) is 5.78 Å². The Morgan fingerprint density at radius 3 is 2.48 bits per heavy atom. The van der Waals surface area contributed by atoms with Crippen molar-refractivity contribution < 1.29 is 14.0 Å². The largest absolute Gasteiger partial charge is 0.294 e. The molecule has 1 unspecified atom stereocenters. The van der Waals surface area contributed by atoms with Gasteiger partial charge in [0, 0.05) is 30.0 Å². The molecule has 0 bridgehead atoms. The van der Waals surface area contributed by atoms with E-state index in [1.165, 1.54) is 12.1 Å². The molecule has 1 atom stereocenters. The lowest BCUT2D eigenvalue weighted by molar-refractivity contribution is -0.119. The lowest BCUT2D eigenvalue weighted by atomic mass is 9.77. The summed E-state index contributed by atoms with van der Waals surface area (Å²) < 4.78 is 13.4. The number of hydrogen-bond acceptors (Lipinski definition) is 2. The smallest absolute Gasteiger partial charge is 0.232 e. The molecule has 0 N–H and O–H groups in total. The Morgan fingerprint density at radius 1 is 1.00 bits per heavy atom. The first-order chi connectivity index (χ1) is 13.0. The molecule has 0 saturated carbocycles. The maximum Gasteiger partial charge on any atom is 0.232 e. The second kappa shape index (κ2) is 6.76. The number of aryl methyl sites for hydroxylation is 2. The number of carbonyl (C=O) groups excluding carboxylic acids is 2. The van der Waals surface area contributed by atoms with Crippen molar-refractivity contribution in [2.75, 3.05) is 4.90 Å². The molecule has 0 aromatic heterocycles. The molecular weight excluding hydrogens is 341 g/mol. The summed E-state index contributed by atoms with van der Waals surface area (Å²) >= 11 is 0. The van der Waals surface area contributed by atoms with Crippen LogP contribution in [0.5, 0.6) is 0 Å². The van der Waals surface area contributed by atoms with Gasteiger partial charge in [0.1, 0.15) is 5.82 Å². The summed E-state index contributed by atoms with van der Waals surface area (Å²) in [5.41, 5.74) is 5.33. The number of hydrogen-bond donors (Lipinski definition) is 0. The predicted octanol–water partition coefficient (Wildman–Crippen LogP) is 4.97. The summed E-state index contributed by atoms with van der Waals surface area (Å²) in [4.78, 5) is 27.8. The summed E-state index contributed by atoms with van der Waals surface area (Å²) in [5.74, 6) is -0.510. The molecule has 2 aliphatic rings. The minimum Gasteiger partial charge on any atom is -0.294 e. The molecule has 138 valence electrons. The fourth-order valence-corrected chi connectivity index (χ4v) is 4.21. The predicted molar refractivity (Wildman–Crippen MR) is 103 cm³/mol. The second-order valence-corrected chi connectivity index (χ2v) is 7.46. The third-order valence-electron chi connectivity index (χ3n) is 5.55. The van der Waals surface area contributed by atoms with Crippen LogP contribution in [0, 0.1) is 19.7 Å². The molecule has 2 aromatic carbocycles. The summed E-state index contributed by atoms with van der Waals surface area (Å²) in [7, 11) is 0. The average Bonchev–Trinajstić information content (AvgIpc) is 2.64. The molecule has 1 heterocycles. The number of allylic oxidation sites excluding steroid dienone is 2. The van der Waals surface area contributed by atoms with Crippen molar-refractivity contribution in [1.82, 2.24) is 0 Å². The molecule has 4 heteroatoms. The number of rotatable bonds is 2. The van der Waals surface area contributed by atoms with Crippen LogP contribution in [-0.4, -0.2) is 11.7 Å². The highest BCUT2D eigenvalue weighted by atomic mass is 19.1. The minimum absolute atomic E-state index is 0.00789. The van der Waals surface area contributed by atoms with Gasteiger partial charge in [0.2, 0.25) is 5.91 Å². The van der Waals surface area contributed by atoms with E-state index >= 15 is 0 Å². The van der Waals surface area contributed by atoms with Crippen molar-refractivity contribution in [1.29, 1.82) is 0 Å². The number of carbonyl (C=O) groups is 2. The van der Waals surface area contributed by atoms with Crippen molar-refractivity contribution >= 4 is 17.4 Å². The van der Waals surface area contributed by atoms with Gasteiger partial charge in [-0.05, 0) is 61.6 Å². The van der Waals surface area contributed by atoms with Crippen LogP contribution in [0.3, 0.4) is 0 Å². The standard InChI is InChI=1S/C23H22FNO2/c1-14-6-7-15(2)20(12-14)25-19-4-3-5-21(26)23(19)18(13-22(25)27)16-8-10-17(24)11-9-16/h6-12,18H,3-5,13H2,1-2H3. The van der Waals surface area contributed by atoms with Gasteiger partial charge in [-0.2, -0.15) is 0 Å². The summed E-state index contributed by atoms with van der Waals surface area (Å²) in [6.45, 7) is 3.99. The van der Waals surface area contributed by atoms with Crippen molar-refractivity contribution in [3.63, 3.8) is 0 Å². The number of amides is 1. The normalized spacial score (nSPS) is 20.1. The number of halogens is 1. The van der Waals surface area contributed by atoms with E-state index in [4.69, 9.17) is 0 Å². The van der Waals surface area contributed by atoms with Gasteiger partial charge >= 0.3 is 0 Å². The SMILES string of the molecule is Cc1ccc(C)c(N2C(=O)CC(c3ccc(F)cc3)C3=C2CCCC3=O)c1. The Bertz CT molecular complexity index is 959. The highest BCUT2D eigenvalue weighted by molar-refractivity contribution is 6.07. The Morgan fingerprint density at radius 2 is 1.74 bits per heavy atom. The van der Waals surface area contributed by atoms with Crippen LogP contribution < -0.4 is 4.90 Å². The molecule has 1 aliphatic heterocycles. The van der Waals surface area contributed by atoms with E-state index in [-0.39, 0.29) is 29.8 Å². The Kier molecular flexibility index (Phi) is 4.42. The van der Waals surface area contributed by atoms with Gasteiger partial charge in [0.05, 0.1) is 5.69 Å². The van der Waals surface area contributed by atoms with Crippen molar-refractivity contribution in [3.8, 4) is 0 Å². The van der Waals surface area contributed by atoms with Gasteiger partial charge in [-0.1, -0.05) is 24.3 Å². The monoisotopic (exact) mass is 363 g/mol. The van der Waals surface area contributed by atoms with Gasteiger partial charge in [-0.3, -0.25) is 14.5 Å². The first-order valence-electron chi connectivity index (χ1n) is 9.37. The zero-order valence-electron chi connectivity index (χ0n) is 15.6. The average molecular weight is 363 g/mol. The number of anilines is 1. The van der Waals surface area contributed by atoms with E-state index in [1.54, 1.807) is 17.0 Å². The van der Waals surface area contributed by atoms with E-state index in [0.717, 1.165) is 40.1 Å². The van der Waals surface area contributed by atoms with Gasteiger partial charge in [0.25, 0.3) is 0 Å². The van der Waals surface area contributed by atoms with Crippen molar-refractivity contribution in [2.45, 2.75) is 45.4 Å². The van der Waals surface area contributed by atoms with Gasteiger partial charge in [-0.25, -0.2) is 4.39 Å². The molecule has 2 aromatic rings. The number of nitrogens with zero attached hydrogens (tertiary/aromatic N) is 1. The molecule has 3 nitrogen and oxygen atoms in total. The molecule has 1 aliphatic carbocycles. The fraction of sp³-hybridized carbons (Fsp3) is 0.304. The van der Waals surface area contributed by atoms with Crippen LogP contribution in [0.4, 0.5) is 10.1 Å². The van der Waals surface area contributed by atoms with Gasteiger partial charge < -0.3 is 0 Å². The van der Waals surface area contributed by atoms with E-state index in [9.17, 15) is 14.0 Å². The van der Waals surface area contributed by atoms with E-state index in [0.29, 0.717) is 12.8 Å². The first-order valence-corrected chi connectivity index (χ1v) is 9.37. The third kappa shape index (κ3) is 3.09. The Labute approximate surface area is 158 Å². The zero-order chi connectivity index (χ0) is 19.1. The molecule has 1 amide bonds. The highest BCUT2D eigenvalue weighted by Gasteiger charge is 2.40. The van der Waals surface area contributed by atoms with Crippen LogP contribution >= 0.6 is 0 Å². The lowest BCUT2D eigenvalue weighted by Gasteiger charge is -2.39. The molecule has 0 fully saturated rings. The zero-order valence-corrected chi connectivity index (χ0v) is 15.6. The molecule has 0 saturated heterocycles. The Balaban J connectivity index is 1.88. The molecule has 0 spiro atoms. The molecule has 4 rings (SSSR count). The highest BCUT2D eigenvalue weighted by Crippen LogP contribution is 2.44. The summed E-state index contributed by atoms with van der Waals surface area (Å²) in [6, 6.07) is 12.2. The van der Waals surface area contributed by atoms with Crippen LogP contribution in [0.25, 0.3) is 0 Å². The lowest BCUT2D eigenvalue weighted by Crippen LogP contribution is -2.40. The van der Waals surface area contributed by atoms with E-state index in [1.807, 2.05) is 32.0 Å². The third-order valence-corrected chi connectivity index (χ3v) is 5.55. The van der Waals surface area contributed by atoms with Crippen LogP contribution in [0.2, 0.25) is 0 Å². The van der Waals surface area contributed by atoms with Crippen LogP contribution in [-0.2, 0) is 9.59 Å². The summed E-state index contributed by atoms with van der Waals surface area (Å²) in [5, 5.41) is 0. The minimum atomic E-state index is -0.318. The maximum atomic E-state index is 13.4. The van der Waals surface area contributed by atoms with Crippen molar-refractivity contribution in [3.05, 3.63) is 76.2 Å². The number of Topliss-reactive ketones (excluding diaryl/α,β-unsaturated/α-hetero) is 1. The number of ketones is 1. The van der Waals surface area contributed by atoms with E-state index < -0.39 is 0 Å². The number of benzene rings is 2. The fourth-order valence-electron chi connectivity index (χ4n) is 4.21. The van der Waals surface area contributed by atoms with Crippen molar-refractivity contribution in [2.24, 2.45) is 0 Å². The Hall–Kier alpha value is -2.75. The molecule has 27 heavy (non-hydrogen) atoms. The second-order valence-electron chi connectivity index (χ2n) is 7.46. The molecule has 0 radical (unpaired) electrons. The molecular formula is C23H22FNO2. The van der Waals surface area contributed by atoms with E-state index in [2.05, 4.69) is 0 Å². The topological polar surface area (TPSA) is 37.4 Å². The van der Waals surface area contributed by atoms with Crippen LogP contribution in [0.1, 0.15) is 48.3 Å². The van der Waals surface area contributed by atoms with Crippen LogP contribution in [0.15, 0.2) is 53.7 Å². The maximum absolute atomic E-state index is 13.4. The first kappa shape index (κ1) is 17.7.